The number of rotatable bonds is 5. The lowest BCUT2D eigenvalue weighted by Crippen LogP contribution is -2.27. The molecular formula is C17H22N6S. The molecule has 3 aromatic rings. The third-order valence-electron chi connectivity index (χ3n) is 4.53. The molecule has 0 saturated carbocycles. The molecule has 24 heavy (non-hydrogen) atoms. The van der Waals surface area contributed by atoms with Gasteiger partial charge in [-0.2, -0.15) is 0 Å². The first-order valence-electron chi connectivity index (χ1n) is 8.45. The van der Waals surface area contributed by atoms with E-state index in [1.165, 1.54) is 15.8 Å². The largest absolute Gasteiger partial charge is 0.349 e. The van der Waals surface area contributed by atoms with Crippen molar-refractivity contribution in [1.29, 1.82) is 0 Å². The van der Waals surface area contributed by atoms with Gasteiger partial charge in [-0.3, -0.25) is 0 Å². The fourth-order valence-corrected chi connectivity index (χ4v) is 4.48. The molecule has 0 bridgehead atoms. The van der Waals surface area contributed by atoms with Crippen LogP contribution in [0.2, 0.25) is 0 Å². The Hall–Kier alpha value is -1.99. The fourth-order valence-electron chi connectivity index (χ4n) is 3.33. The number of hydrogen-bond donors (Lipinski definition) is 1. The van der Waals surface area contributed by atoms with E-state index < -0.39 is 0 Å². The first-order valence-corrected chi connectivity index (χ1v) is 9.26. The molecule has 1 N–H and O–H groups in total. The van der Waals surface area contributed by atoms with Crippen molar-refractivity contribution in [3.8, 4) is 0 Å². The van der Waals surface area contributed by atoms with Gasteiger partial charge in [-0.05, 0) is 24.9 Å². The van der Waals surface area contributed by atoms with Gasteiger partial charge in [0.05, 0.1) is 11.9 Å². The average molecular weight is 342 g/mol. The van der Waals surface area contributed by atoms with Gasteiger partial charge in [0.2, 0.25) is 0 Å². The van der Waals surface area contributed by atoms with E-state index in [1.807, 2.05) is 19.4 Å². The summed E-state index contributed by atoms with van der Waals surface area (Å²) in [6, 6.07) is 0. The summed E-state index contributed by atoms with van der Waals surface area (Å²) < 4.78 is 2.08. The van der Waals surface area contributed by atoms with Gasteiger partial charge in [0.1, 0.15) is 22.8 Å². The first kappa shape index (κ1) is 15.5. The van der Waals surface area contributed by atoms with E-state index in [4.69, 9.17) is 0 Å². The van der Waals surface area contributed by atoms with Crippen molar-refractivity contribution in [2.24, 2.45) is 7.05 Å². The van der Waals surface area contributed by atoms with E-state index >= 15 is 0 Å². The number of hydrogen-bond acceptors (Lipinski definition) is 6. The Morgan fingerprint density at radius 3 is 3.04 bits per heavy atom. The minimum absolute atomic E-state index is 0.770. The molecule has 0 spiro atoms. The monoisotopic (exact) mass is 342 g/mol. The first-order chi connectivity index (χ1) is 11.8. The molecule has 0 saturated heterocycles. The van der Waals surface area contributed by atoms with Crippen molar-refractivity contribution in [1.82, 2.24) is 24.8 Å². The number of fused-ring (bicyclic) bond motifs is 3. The summed E-state index contributed by atoms with van der Waals surface area (Å²) in [7, 11) is 2.04. The number of thiophene rings is 1. The van der Waals surface area contributed by atoms with E-state index in [0.29, 0.717) is 0 Å². The zero-order valence-electron chi connectivity index (χ0n) is 14.1. The van der Waals surface area contributed by atoms with E-state index in [2.05, 4.69) is 36.7 Å². The molecule has 7 heteroatoms. The van der Waals surface area contributed by atoms with Crippen molar-refractivity contribution in [2.45, 2.75) is 32.9 Å². The Balaban J connectivity index is 1.80. The third kappa shape index (κ3) is 2.67. The Kier molecular flexibility index (Phi) is 4.20. The minimum Gasteiger partial charge on any atom is -0.349 e. The zero-order chi connectivity index (χ0) is 16.5. The number of nitrogens with zero attached hydrogens (tertiary/aromatic N) is 5. The molecule has 0 aliphatic carbocycles. The Morgan fingerprint density at radius 1 is 1.33 bits per heavy atom. The predicted octanol–water partition coefficient (Wildman–Crippen LogP) is 2.49. The summed E-state index contributed by atoms with van der Waals surface area (Å²) in [6.45, 7) is 5.91. The molecule has 6 nitrogen and oxygen atoms in total. The molecule has 3 aromatic heterocycles. The summed E-state index contributed by atoms with van der Waals surface area (Å²) in [6.07, 6.45) is 7.68. The molecule has 1 aliphatic heterocycles. The number of nitrogens with one attached hydrogen (secondary N) is 1. The van der Waals surface area contributed by atoms with Gasteiger partial charge in [0.25, 0.3) is 0 Å². The van der Waals surface area contributed by atoms with Crippen LogP contribution in [-0.4, -0.2) is 32.6 Å². The number of aryl methyl sites for hydroxylation is 1. The standard InChI is InChI=1S/C17H22N6S/c1-3-7-23(10-14-19-6-8-22(14)2)16-15-12-4-5-18-9-13(12)24-17(15)21-11-20-16/h6,8,11,18H,3-5,7,9-10H2,1-2H3. The molecule has 1 aliphatic rings. The van der Waals surface area contributed by atoms with E-state index in [9.17, 15) is 0 Å². The normalized spacial score (nSPS) is 14.1. The second-order valence-corrected chi connectivity index (χ2v) is 7.27. The van der Waals surface area contributed by atoms with Crippen LogP contribution in [0.5, 0.6) is 0 Å². The second kappa shape index (κ2) is 6.49. The maximum absolute atomic E-state index is 4.68. The summed E-state index contributed by atoms with van der Waals surface area (Å²) in [4.78, 5) is 18.6. The Morgan fingerprint density at radius 2 is 2.25 bits per heavy atom. The van der Waals surface area contributed by atoms with Crippen molar-refractivity contribution in [3.05, 3.63) is 35.0 Å². The lowest BCUT2D eigenvalue weighted by molar-refractivity contribution is 0.656. The molecule has 0 fully saturated rings. The Bertz CT molecular complexity index is 852. The van der Waals surface area contributed by atoms with Crippen LogP contribution in [0, 0.1) is 0 Å². The smallest absolute Gasteiger partial charge is 0.141 e. The number of anilines is 1. The zero-order valence-corrected chi connectivity index (χ0v) is 14.9. The highest BCUT2D eigenvalue weighted by Gasteiger charge is 2.22. The lowest BCUT2D eigenvalue weighted by atomic mass is 10.1. The maximum Gasteiger partial charge on any atom is 0.141 e. The molecule has 0 unspecified atom stereocenters. The molecule has 4 rings (SSSR count). The van der Waals surface area contributed by atoms with Crippen molar-refractivity contribution in [2.75, 3.05) is 18.0 Å². The molecule has 0 amide bonds. The van der Waals surface area contributed by atoms with Crippen molar-refractivity contribution in [3.63, 3.8) is 0 Å². The molecular weight excluding hydrogens is 320 g/mol. The van der Waals surface area contributed by atoms with Crippen LogP contribution in [0.1, 0.15) is 29.6 Å². The summed E-state index contributed by atoms with van der Waals surface area (Å²) in [5.41, 5.74) is 1.44. The van der Waals surface area contributed by atoms with Gasteiger partial charge in [0.15, 0.2) is 0 Å². The van der Waals surface area contributed by atoms with Crippen molar-refractivity contribution >= 4 is 27.4 Å². The lowest BCUT2D eigenvalue weighted by Gasteiger charge is -2.24. The maximum atomic E-state index is 4.68. The number of imidazole rings is 1. The Labute approximate surface area is 145 Å². The number of aromatic nitrogens is 4. The third-order valence-corrected chi connectivity index (χ3v) is 5.67. The van der Waals surface area contributed by atoms with E-state index in [1.54, 1.807) is 17.7 Å². The average Bonchev–Trinajstić information content (AvgIpc) is 3.17. The molecule has 0 radical (unpaired) electrons. The van der Waals surface area contributed by atoms with E-state index in [-0.39, 0.29) is 0 Å². The SMILES string of the molecule is CCCN(Cc1nccn1C)c1ncnc2sc3c(c12)CCNC3. The van der Waals surface area contributed by atoms with Gasteiger partial charge in [-0.25, -0.2) is 15.0 Å². The van der Waals surface area contributed by atoms with Crippen LogP contribution < -0.4 is 10.2 Å². The van der Waals surface area contributed by atoms with Gasteiger partial charge in [0, 0.05) is 37.4 Å². The quantitative estimate of drug-likeness (QED) is 0.772. The minimum atomic E-state index is 0.770. The fraction of sp³-hybridized carbons (Fsp3) is 0.471. The molecule has 0 atom stereocenters. The van der Waals surface area contributed by atoms with Gasteiger partial charge < -0.3 is 14.8 Å². The summed E-state index contributed by atoms with van der Waals surface area (Å²) in [5.74, 6) is 2.12. The van der Waals surface area contributed by atoms with Crippen LogP contribution >= 0.6 is 11.3 Å². The predicted molar refractivity (Wildman–Crippen MR) is 97.4 cm³/mol. The van der Waals surface area contributed by atoms with Crippen LogP contribution in [0.4, 0.5) is 5.82 Å². The van der Waals surface area contributed by atoms with Gasteiger partial charge in [-0.1, -0.05) is 6.92 Å². The molecule has 4 heterocycles. The van der Waals surface area contributed by atoms with Crippen LogP contribution in [0.3, 0.4) is 0 Å². The highest BCUT2D eigenvalue weighted by molar-refractivity contribution is 7.19. The second-order valence-electron chi connectivity index (χ2n) is 6.18. The molecule has 0 aromatic carbocycles. The summed E-state index contributed by atoms with van der Waals surface area (Å²) >= 11 is 1.80. The highest BCUT2D eigenvalue weighted by atomic mass is 32.1. The van der Waals surface area contributed by atoms with E-state index in [0.717, 1.165) is 55.5 Å². The van der Waals surface area contributed by atoms with Crippen LogP contribution in [0.15, 0.2) is 18.7 Å². The van der Waals surface area contributed by atoms with Gasteiger partial charge >= 0.3 is 0 Å². The summed E-state index contributed by atoms with van der Waals surface area (Å²) in [5, 5.41) is 4.71. The van der Waals surface area contributed by atoms with Crippen LogP contribution in [-0.2, 0) is 26.6 Å². The highest BCUT2D eigenvalue weighted by Crippen LogP contribution is 2.37. The van der Waals surface area contributed by atoms with Crippen molar-refractivity contribution < 1.29 is 0 Å². The van der Waals surface area contributed by atoms with Gasteiger partial charge in [-0.15, -0.1) is 11.3 Å². The van der Waals surface area contributed by atoms with Crippen LogP contribution in [0.25, 0.3) is 10.2 Å². The molecule has 126 valence electrons. The topological polar surface area (TPSA) is 58.9 Å².